The number of rotatable bonds is 5. The topological polar surface area (TPSA) is 70.5 Å². The van der Waals surface area contributed by atoms with Crippen LogP contribution in [-0.2, 0) is 17.6 Å². The van der Waals surface area contributed by atoms with E-state index in [1.54, 1.807) is 17.2 Å². The average molecular weight is 344 g/mol. The molecule has 1 unspecified atom stereocenters. The summed E-state index contributed by atoms with van der Waals surface area (Å²) >= 11 is 1.49. The van der Waals surface area contributed by atoms with Crippen molar-refractivity contribution in [2.24, 2.45) is 5.41 Å². The Bertz CT molecular complexity index is 744. The van der Waals surface area contributed by atoms with Gasteiger partial charge in [0.2, 0.25) is 0 Å². The van der Waals surface area contributed by atoms with Gasteiger partial charge in [-0.05, 0) is 25.3 Å². The number of carbonyl (C=O) groups is 2. The molecule has 1 aromatic heterocycles. The number of thiazole rings is 1. The van der Waals surface area contributed by atoms with Gasteiger partial charge >= 0.3 is 5.97 Å². The van der Waals surface area contributed by atoms with Gasteiger partial charge in [-0.25, -0.2) is 4.98 Å². The number of likely N-dealkylation sites (tertiary alicyclic amines) is 1. The van der Waals surface area contributed by atoms with Gasteiger partial charge in [0.15, 0.2) is 0 Å². The van der Waals surface area contributed by atoms with Gasteiger partial charge in [0.25, 0.3) is 5.91 Å². The van der Waals surface area contributed by atoms with E-state index in [1.165, 1.54) is 16.9 Å². The third-order valence-electron chi connectivity index (χ3n) is 4.52. The number of carbonyl (C=O) groups excluding carboxylic acids is 1. The number of hydrogen-bond acceptors (Lipinski definition) is 4. The number of benzene rings is 1. The molecule has 0 spiro atoms. The Balaban J connectivity index is 1.61. The predicted octanol–water partition coefficient (Wildman–Crippen LogP) is 2.87. The van der Waals surface area contributed by atoms with Gasteiger partial charge in [0, 0.05) is 24.9 Å². The van der Waals surface area contributed by atoms with Crippen LogP contribution in [0.5, 0.6) is 0 Å². The van der Waals surface area contributed by atoms with Crippen LogP contribution in [0.15, 0.2) is 35.7 Å². The second kappa shape index (κ2) is 6.73. The third-order valence-corrected chi connectivity index (χ3v) is 5.43. The van der Waals surface area contributed by atoms with Crippen LogP contribution in [-0.4, -0.2) is 40.0 Å². The number of carboxylic acids is 1. The molecule has 1 atom stereocenters. The summed E-state index contributed by atoms with van der Waals surface area (Å²) in [6.07, 6.45) is 2.18. The molecule has 1 N–H and O–H groups in total. The third kappa shape index (κ3) is 3.48. The summed E-state index contributed by atoms with van der Waals surface area (Å²) in [4.78, 5) is 29.9. The molecule has 3 rings (SSSR count). The number of aliphatic carboxylic acids is 1. The van der Waals surface area contributed by atoms with Crippen molar-refractivity contribution >= 4 is 23.2 Å². The molecule has 1 amide bonds. The van der Waals surface area contributed by atoms with Crippen LogP contribution in [0.3, 0.4) is 0 Å². The first-order valence-electron chi connectivity index (χ1n) is 7.99. The van der Waals surface area contributed by atoms with E-state index in [2.05, 4.69) is 17.1 Å². The fourth-order valence-corrected chi connectivity index (χ4v) is 3.66. The maximum Gasteiger partial charge on any atom is 0.311 e. The van der Waals surface area contributed by atoms with Gasteiger partial charge in [0.1, 0.15) is 5.69 Å². The van der Waals surface area contributed by atoms with E-state index in [9.17, 15) is 14.7 Å². The normalized spacial score (nSPS) is 20.3. The lowest BCUT2D eigenvalue weighted by Crippen LogP contribution is -2.35. The van der Waals surface area contributed by atoms with Crippen LogP contribution < -0.4 is 0 Å². The van der Waals surface area contributed by atoms with E-state index in [0.717, 1.165) is 17.8 Å². The molecule has 1 saturated heterocycles. The number of aryl methyl sites for hydroxylation is 2. The van der Waals surface area contributed by atoms with Crippen molar-refractivity contribution in [3.8, 4) is 0 Å². The SMILES string of the molecule is CC1(C(=O)O)CCN(C(=O)c2csc(CCc3ccccc3)n2)C1. The van der Waals surface area contributed by atoms with E-state index >= 15 is 0 Å². The second-order valence-electron chi connectivity index (χ2n) is 6.45. The summed E-state index contributed by atoms with van der Waals surface area (Å²) in [5, 5.41) is 12.0. The highest BCUT2D eigenvalue weighted by molar-refractivity contribution is 7.09. The zero-order valence-corrected chi connectivity index (χ0v) is 14.4. The minimum atomic E-state index is -0.848. The van der Waals surface area contributed by atoms with Gasteiger partial charge in [-0.15, -0.1) is 11.3 Å². The first kappa shape index (κ1) is 16.6. The molecule has 24 heavy (non-hydrogen) atoms. The molecule has 1 aliphatic heterocycles. The molecule has 0 saturated carbocycles. The minimum Gasteiger partial charge on any atom is -0.481 e. The number of nitrogens with zero attached hydrogens (tertiary/aromatic N) is 2. The van der Waals surface area contributed by atoms with Crippen molar-refractivity contribution in [2.75, 3.05) is 13.1 Å². The lowest BCUT2D eigenvalue weighted by molar-refractivity contribution is -0.147. The van der Waals surface area contributed by atoms with E-state index < -0.39 is 11.4 Å². The summed E-state index contributed by atoms with van der Waals surface area (Å²) in [6, 6.07) is 10.2. The summed E-state index contributed by atoms with van der Waals surface area (Å²) in [5.74, 6) is -1.01. The molecule has 126 valence electrons. The van der Waals surface area contributed by atoms with Crippen LogP contribution in [0.1, 0.15) is 34.4 Å². The lowest BCUT2D eigenvalue weighted by Gasteiger charge is -2.19. The fraction of sp³-hybridized carbons (Fsp3) is 0.389. The standard InChI is InChI=1S/C18H20N2O3S/c1-18(17(22)23)9-10-20(12-18)16(21)14-11-24-15(19-14)8-7-13-5-3-2-4-6-13/h2-6,11H,7-10,12H2,1H3,(H,22,23). The Kier molecular flexibility index (Phi) is 4.66. The first-order chi connectivity index (χ1) is 11.5. The van der Waals surface area contributed by atoms with E-state index in [-0.39, 0.29) is 12.5 Å². The molecular weight excluding hydrogens is 324 g/mol. The Morgan fingerprint density at radius 3 is 2.71 bits per heavy atom. The quantitative estimate of drug-likeness (QED) is 0.905. The predicted molar refractivity (Wildman–Crippen MR) is 92.2 cm³/mol. The van der Waals surface area contributed by atoms with Crippen LogP contribution in [0.4, 0.5) is 0 Å². The number of hydrogen-bond donors (Lipinski definition) is 1. The summed E-state index contributed by atoms with van der Waals surface area (Å²) in [5.41, 5.74) is 0.831. The lowest BCUT2D eigenvalue weighted by atomic mass is 9.90. The smallest absolute Gasteiger partial charge is 0.311 e. The molecule has 0 aliphatic carbocycles. The molecule has 6 heteroatoms. The van der Waals surface area contributed by atoms with Crippen LogP contribution in [0.25, 0.3) is 0 Å². The van der Waals surface area contributed by atoms with Crippen molar-refractivity contribution in [1.82, 2.24) is 9.88 Å². The van der Waals surface area contributed by atoms with Crippen molar-refractivity contribution in [3.05, 3.63) is 52.0 Å². The summed E-state index contributed by atoms with van der Waals surface area (Å²) < 4.78 is 0. The average Bonchev–Trinajstić information content (AvgIpc) is 3.21. The highest BCUT2D eigenvalue weighted by Crippen LogP contribution is 2.31. The zero-order valence-electron chi connectivity index (χ0n) is 13.6. The van der Waals surface area contributed by atoms with Gasteiger partial charge in [-0.1, -0.05) is 30.3 Å². The van der Waals surface area contributed by atoms with Gasteiger partial charge in [-0.3, -0.25) is 9.59 Å². The van der Waals surface area contributed by atoms with Crippen LogP contribution in [0, 0.1) is 5.41 Å². The highest BCUT2D eigenvalue weighted by atomic mass is 32.1. The summed E-state index contributed by atoms with van der Waals surface area (Å²) in [7, 11) is 0. The molecule has 1 aliphatic rings. The van der Waals surface area contributed by atoms with E-state index in [4.69, 9.17) is 0 Å². The van der Waals surface area contributed by atoms with Gasteiger partial charge in [-0.2, -0.15) is 0 Å². The largest absolute Gasteiger partial charge is 0.481 e. The monoisotopic (exact) mass is 344 g/mol. The molecule has 5 nitrogen and oxygen atoms in total. The molecule has 0 bridgehead atoms. The van der Waals surface area contributed by atoms with Crippen molar-refractivity contribution < 1.29 is 14.7 Å². The molecular formula is C18H20N2O3S. The fourth-order valence-electron chi connectivity index (χ4n) is 2.89. The maximum absolute atomic E-state index is 12.5. The van der Waals surface area contributed by atoms with Crippen LogP contribution in [0.2, 0.25) is 0 Å². The first-order valence-corrected chi connectivity index (χ1v) is 8.87. The van der Waals surface area contributed by atoms with Crippen LogP contribution >= 0.6 is 11.3 Å². The molecule has 2 heterocycles. The second-order valence-corrected chi connectivity index (χ2v) is 7.40. The van der Waals surface area contributed by atoms with Gasteiger partial charge < -0.3 is 10.0 Å². The molecule has 1 fully saturated rings. The van der Waals surface area contributed by atoms with Crippen molar-refractivity contribution in [2.45, 2.75) is 26.2 Å². The Morgan fingerprint density at radius 2 is 2.04 bits per heavy atom. The maximum atomic E-state index is 12.5. The number of carboxylic acid groups (broad SMARTS) is 1. The summed E-state index contributed by atoms with van der Waals surface area (Å²) in [6.45, 7) is 2.41. The highest BCUT2D eigenvalue weighted by Gasteiger charge is 2.42. The van der Waals surface area contributed by atoms with Gasteiger partial charge in [0.05, 0.1) is 10.4 Å². The van der Waals surface area contributed by atoms with Crippen molar-refractivity contribution in [1.29, 1.82) is 0 Å². The zero-order chi connectivity index (χ0) is 17.2. The Morgan fingerprint density at radius 1 is 1.29 bits per heavy atom. The van der Waals surface area contributed by atoms with Crippen molar-refractivity contribution in [3.63, 3.8) is 0 Å². The molecule has 1 aromatic carbocycles. The number of amides is 1. The van der Waals surface area contributed by atoms with E-state index in [1.807, 2.05) is 18.2 Å². The molecule has 2 aromatic rings. The number of aromatic nitrogens is 1. The van der Waals surface area contributed by atoms with E-state index in [0.29, 0.717) is 18.7 Å². The molecule has 0 radical (unpaired) electrons. The Labute approximate surface area is 145 Å². The Hall–Kier alpha value is -2.21. The minimum absolute atomic E-state index is 0.165.